The minimum atomic E-state index is -0.709. The van der Waals surface area contributed by atoms with Gasteiger partial charge in [0.25, 0.3) is 5.91 Å². The summed E-state index contributed by atoms with van der Waals surface area (Å²) < 4.78 is 0. The van der Waals surface area contributed by atoms with Crippen LogP contribution in [0.5, 0.6) is 0 Å². The van der Waals surface area contributed by atoms with Gasteiger partial charge < -0.3 is 10.2 Å². The smallest absolute Gasteiger partial charge is 0.322 e. The first-order valence-electron chi connectivity index (χ1n) is 7.31. The summed E-state index contributed by atoms with van der Waals surface area (Å²) in [6.07, 6.45) is 3.15. The summed E-state index contributed by atoms with van der Waals surface area (Å²) in [5.41, 5.74) is -0.709. The molecule has 2 aliphatic heterocycles. The molecule has 0 aromatic carbocycles. The summed E-state index contributed by atoms with van der Waals surface area (Å²) in [6.45, 7) is 9.52. The van der Waals surface area contributed by atoms with Crippen LogP contribution in [0.25, 0.3) is 0 Å². The van der Waals surface area contributed by atoms with Crippen molar-refractivity contribution in [2.75, 3.05) is 19.6 Å². The topological polar surface area (TPSA) is 61.4 Å². The quantitative estimate of drug-likeness (QED) is 0.756. The number of likely N-dealkylation sites (tertiary alicyclic amines) is 1. The minimum absolute atomic E-state index is 0.169. The molecule has 2 rings (SSSR count). The Balaban J connectivity index is 1.89. The van der Waals surface area contributed by atoms with E-state index in [1.807, 2.05) is 6.92 Å². The summed E-state index contributed by atoms with van der Waals surface area (Å²) in [5.74, 6) is 0.798. The van der Waals surface area contributed by atoms with Crippen molar-refractivity contribution >= 4 is 11.9 Å². The largest absolute Gasteiger partial charge is 0.323 e. The molecule has 0 aromatic heterocycles. The van der Waals surface area contributed by atoms with Crippen molar-refractivity contribution in [2.45, 2.75) is 45.6 Å². The molecule has 0 radical (unpaired) electrons. The number of hydrogen-bond acceptors (Lipinski definition) is 3. The van der Waals surface area contributed by atoms with Gasteiger partial charge in [-0.15, -0.1) is 0 Å². The summed E-state index contributed by atoms with van der Waals surface area (Å²) in [6, 6.07) is -0.352. The van der Waals surface area contributed by atoms with Crippen LogP contribution in [0.1, 0.15) is 40.0 Å². The number of amides is 3. The van der Waals surface area contributed by atoms with E-state index in [-0.39, 0.29) is 17.9 Å². The maximum absolute atomic E-state index is 11.9. The summed E-state index contributed by atoms with van der Waals surface area (Å²) in [4.78, 5) is 25.7. The monoisotopic (exact) mass is 267 g/mol. The third kappa shape index (κ3) is 2.91. The van der Waals surface area contributed by atoms with Gasteiger partial charge in [0.1, 0.15) is 5.54 Å². The average Bonchev–Trinajstić information content (AvgIpc) is 2.64. The van der Waals surface area contributed by atoms with E-state index < -0.39 is 5.54 Å². The van der Waals surface area contributed by atoms with E-state index in [4.69, 9.17) is 0 Å². The van der Waals surface area contributed by atoms with E-state index in [1.54, 1.807) is 0 Å². The number of rotatable bonds is 4. The molecular formula is C14H25N3O2. The Labute approximate surface area is 115 Å². The summed E-state index contributed by atoms with van der Waals surface area (Å²) in [7, 11) is 0. The van der Waals surface area contributed by atoms with Crippen LogP contribution in [0.3, 0.4) is 0 Å². The molecule has 2 fully saturated rings. The molecule has 0 aliphatic carbocycles. The molecule has 3 amide bonds. The fourth-order valence-corrected chi connectivity index (χ4v) is 3.11. The van der Waals surface area contributed by atoms with Crippen molar-refractivity contribution in [3.63, 3.8) is 0 Å². The molecule has 5 heteroatoms. The van der Waals surface area contributed by atoms with Gasteiger partial charge in [-0.3, -0.25) is 10.1 Å². The molecule has 0 unspecified atom stereocenters. The second-order valence-corrected chi connectivity index (χ2v) is 6.20. The Morgan fingerprint density at radius 3 is 2.47 bits per heavy atom. The van der Waals surface area contributed by atoms with E-state index in [9.17, 15) is 9.59 Å². The highest BCUT2D eigenvalue weighted by molar-refractivity contribution is 6.06. The zero-order chi connectivity index (χ0) is 14.0. The Morgan fingerprint density at radius 2 is 2.00 bits per heavy atom. The van der Waals surface area contributed by atoms with Crippen molar-refractivity contribution < 1.29 is 9.59 Å². The molecule has 0 bridgehead atoms. The number of nitrogens with zero attached hydrogens (tertiary/aromatic N) is 1. The van der Waals surface area contributed by atoms with Crippen molar-refractivity contribution in [3.8, 4) is 0 Å². The summed E-state index contributed by atoms with van der Waals surface area (Å²) >= 11 is 0. The van der Waals surface area contributed by atoms with Crippen molar-refractivity contribution in [1.82, 2.24) is 15.5 Å². The molecule has 5 nitrogen and oxygen atoms in total. The van der Waals surface area contributed by atoms with Crippen LogP contribution in [-0.2, 0) is 4.79 Å². The highest BCUT2D eigenvalue weighted by Gasteiger charge is 2.48. The third-order valence-corrected chi connectivity index (χ3v) is 4.74. The van der Waals surface area contributed by atoms with Gasteiger partial charge in [0, 0.05) is 6.54 Å². The highest BCUT2D eigenvalue weighted by Crippen LogP contribution is 2.30. The summed E-state index contributed by atoms with van der Waals surface area (Å²) in [5, 5.41) is 5.15. The lowest BCUT2D eigenvalue weighted by Gasteiger charge is -2.39. The molecule has 2 heterocycles. The second kappa shape index (κ2) is 5.49. The number of imide groups is 1. The molecule has 108 valence electrons. The van der Waals surface area contributed by atoms with Gasteiger partial charge in [0.05, 0.1) is 0 Å². The molecule has 0 saturated carbocycles. The van der Waals surface area contributed by atoms with Gasteiger partial charge in [-0.05, 0) is 44.7 Å². The molecule has 2 atom stereocenters. The van der Waals surface area contributed by atoms with Gasteiger partial charge in [-0.1, -0.05) is 20.3 Å². The second-order valence-electron chi connectivity index (χ2n) is 6.20. The van der Waals surface area contributed by atoms with Crippen LogP contribution >= 0.6 is 0 Å². The fraction of sp³-hybridized carbons (Fsp3) is 0.857. The van der Waals surface area contributed by atoms with Crippen molar-refractivity contribution in [3.05, 3.63) is 0 Å². The fourth-order valence-electron chi connectivity index (χ4n) is 3.11. The van der Waals surface area contributed by atoms with Crippen molar-refractivity contribution in [2.24, 2.45) is 11.8 Å². The number of urea groups is 1. The van der Waals surface area contributed by atoms with E-state index in [1.165, 1.54) is 6.42 Å². The maximum Gasteiger partial charge on any atom is 0.322 e. The highest BCUT2D eigenvalue weighted by atomic mass is 16.2. The first kappa shape index (κ1) is 14.3. The molecule has 0 spiro atoms. The predicted octanol–water partition coefficient (Wildman–Crippen LogP) is 1.34. The Hall–Kier alpha value is -1.10. The van der Waals surface area contributed by atoms with Gasteiger partial charge >= 0.3 is 6.03 Å². The third-order valence-electron chi connectivity index (χ3n) is 4.74. The van der Waals surface area contributed by atoms with Crippen LogP contribution in [0.4, 0.5) is 4.79 Å². The number of carbonyl (C=O) groups excluding carboxylic acids is 2. The molecule has 19 heavy (non-hydrogen) atoms. The zero-order valence-electron chi connectivity index (χ0n) is 12.2. The van der Waals surface area contributed by atoms with Crippen LogP contribution < -0.4 is 10.6 Å². The minimum Gasteiger partial charge on any atom is -0.323 e. The number of carbonyl (C=O) groups is 2. The van der Waals surface area contributed by atoms with Gasteiger partial charge in [0.2, 0.25) is 0 Å². The van der Waals surface area contributed by atoms with Gasteiger partial charge in [-0.2, -0.15) is 0 Å². The lowest BCUT2D eigenvalue weighted by molar-refractivity contribution is -0.125. The lowest BCUT2D eigenvalue weighted by Crippen LogP contribution is -2.54. The van der Waals surface area contributed by atoms with Crippen LogP contribution in [-0.4, -0.2) is 42.0 Å². The predicted molar refractivity (Wildman–Crippen MR) is 73.7 cm³/mol. The Bertz CT molecular complexity index is 364. The van der Waals surface area contributed by atoms with Gasteiger partial charge in [-0.25, -0.2) is 4.79 Å². The Kier molecular flexibility index (Phi) is 4.13. The van der Waals surface area contributed by atoms with Crippen LogP contribution in [0.15, 0.2) is 0 Å². The van der Waals surface area contributed by atoms with Crippen LogP contribution in [0, 0.1) is 11.8 Å². The first-order chi connectivity index (χ1) is 8.95. The van der Waals surface area contributed by atoms with E-state index in [0.29, 0.717) is 0 Å². The standard InChI is InChI=1S/C14H25N3O2/c1-4-10(2)9-17-7-5-11(6-8-17)14(3)12(18)15-13(19)16-14/h10-11H,4-9H2,1-3H3,(H2,15,16,18,19)/t10-,14-/m1/s1. The molecule has 2 N–H and O–H groups in total. The number of piperidine rings is 1. The van der Waals surface area contributed by atoms with Crippen LogP contribution in [0.2, 0.25) is 0 Å². The molecular weight excluding hydrogens is 242 g/mol. The number of hydrogen-bond donors (Lipinski definition) is 2. The normalized spacial score (nSPS) is 31.1. The SMILES string of the molecule is CC[C@@H](C)CN1CCC([C@@]2(C)NC(=O)NC2=O)CC1. The number of nitrogens with one attached hydrogen (secondary N) is 2. The average molecular weight is 267 g/mol. The molecule has 2 aliphatic rings. The molecule has 2 saturated heterocycles. The van der Waals surface area contributed by atoms with Crippen molar-refractivity contribution in [1.29, 1.82) is 0 Å². The zero-order valence-corrected chi connectivity index (χ0v) is 12.2. The van der Waals surface area contributed by atoms with E-state index in [0.717, 1.165) is 38.4 Å². The van der Waals surface area contributed by atoms with E-state index in [2.05, 4.69) is 29.4 Å². The maximum atomic E-state index is 11.9. The first-order valence-corrected chi connectivity index (χ1v) is 7.31. The van der Waals surface area contributed by atoms with E-state index >= 15 is 0 Å². The lowest BCUT2D eigenvalue weighted by atomic mass is 9.79. The molecule has 0 aromatic rings. The Morgan fingerprint density at radius 1 is 1.37 bits per heavy atom. The van der Waals surface area contributed by atoms with Gasteiger partial charge in [0.15, 0.2) is 0 Å².